The highest BCUT2D eigenvalue weighted by atomic mass is 32.1. The van der Waals surface area contributed by atoms with Gasteiger partial charge in [0.25, 0.3) is 0 Å². The van der Waals surface area contributed by atoms with Gasteiger partial charge < -0.3 is 14.0 Å². The van der Waals surface area contributed by atoms with Crippen LogP contribution in [0, 0.1) is 0 Å². The molecule has 1 unspecified atom stereocenters. The summed E-state index contributed by atoms with van der Waals surface area (Å²) in [6, 6.07) is 7.93. The molecule has 1 aromatic carbocycles. The van der Waals surface area contributed by atoms with E-state index in [0.29, 0.717) is 18.9 Å². The van der Waals surface area contributed by atoms with Gasteiger partial charge in [0, 0.05) is 6.42 Å². The zero-order valence-corrected chi connectivity index (χ0v) is 13.5. The zero-order valence-electron chi connectivity index (χ0n) is 12.7. The first-order chi connectivity index (χ1) is 11.3. The Morgan fingerprint density at radius 1 is 1.35 bits per heavy atom. The van der Waals surface area contributed by atoms with Gasteiger partial charge in [-0.25, -0.2) is 0 Å². The van der Waals surface area contributed by atoms with Crippen LogP contribution in [-0.4, -0.2) is 23.9 Å². The largest absolute Gasteiger partial charge is 0.497 e. The summed E-state index contributed by atoms with van der Waals surface area (Å²) in [5, 5.41) is 8.24. The second kappa shape index (κ2) is 6.04. The molecule has 0 saturated carbocycles. The van der Waals surface area contributed by atoms with E-state index in [0.717, 1.165) is 29.3 Å². The molecule has 1 aliphatic rings. The summed E-state index contributed by atoms with van der Waals surface area (Å²) in [5.74, 6) is 3.17. The molecule has 1 aliphatic heterocycles. The lowest BCUT2D eigenvalue weighted by atomic mass is 9.96. The molecule has 5 nitrogen and oxygen atoms in total. The van der Waals surface area contributed by atoms with Crippen molar-refractivity contribution in [1.82, 2.24) is 10.1 Å². The molecular formula is C17H16N2O3S. The number of aromatic nitrogens is 2. The third kappa shape index (κ3) is 2.94. The van der Waals surface area contributed by atoms with E-state index in [4.69, 9.17) is 14.0 Å². The molecule has 3 aromatic rings. The van der Waals surface area contributed by atoms with Crippen molar-refractivity contribution in [3.63, 3.8) is 0 Å². The van der Waals surface area contributed by atoms with Crippen molar-refractivity contribution in [2.24, 2.45) is 0 Å². The third-order valence-corrected chi connectivity index (χ3v) is 4.68. The van der Waals surface area contributed by atoms with Crippen molar-refractivity contribution in [2.75, 3.05) is 13.7 Å². The van der Waals surface area contributed by atoms with Gasteiger partial charge in [0.05, 0.1) is 13.0 Å². The quantitative estimate of drug-likeness (QED) is 0.734. The minimum absolute atomic E-state index is 0.0818. The van der Waals surface area contributed by atoms with Crippen molar-refractivity contribution < 1.29 is 14.0 Å². The predicted octanol–water partition coefficient (Wildman–Crippen LogP) is 3.45. The summed E-state index contributed by atoms with van der Waals surface area (Å²) in [4.78, 5) is 4.54. The van der Waals surface area contributed by atoms with Crippen LogP contribution in [0.2, 0.25) is 0 Å². The maximum absolute atomic E-state index is 5.82. The predicted molar refractivity (Wildman–Crippen MR) is 86.4 cm³/mol. The summed E-state index contributed by atoms with van der Waals surface area (Å²) < 4.78 is 16.6. The Balaban J connectivity index is 1.51. The van der Waals surface area contributed by atoms with Crippen molar-refractivity contribution in [2.45, 2.75) is 18.8 Å². The molecule has 3 heterocycles. The van der Waals surface area contributed by atoms with E-state index in [1.54, 1.807) is 18.4 Å². The molecule has 0 radical (unpaired) electrons. The molecular weight excluding hydrogens is 312 g/mol. The van der Waals surface area contributed by atoms with E-state index in [1.165, 1.54) is 5.56 Å². The first kappa shape index (κ1) is 14.3. The Hall–Kier alpha value is -2.34. The fourth-order valence-electron chi connectivity index (χ4n) is 2.74. The number of nitrogens with zero attached hydrogens (tertiary/aromatic N) is 2. The third-order valence-electron chi connectivity index (χ3n) is 3.95. The van der Waals surface area contributed by atoms with Crippen molar-refractivity contribution >= 4 is 11.3 Å². The summed E-state index contributed by atoms with van der Waals surface area (Å²) in [7, 11) is 1.66. The van der Waals surface area contributed by atoms with Crippen LogP contribution in [0.1, 0.15) is 28.8 Å². The number of benzene rings is 1. The molecule has 6 heteroatoms. The Morgan fingerprint density at radius 2 is 2.30 bits per heavy atom. The Morgan fingerprint density at radius 3 is 3.13 bits per heavy atom. The van der Waals surface area contributed by atoms with Crippen LogP contribution >= 0.6 is 11.3 Å². The lowest BCUT2D eigenvalue weighted by molar-refractivity contribution is 0.229. The molecule has 0 saturated heterocycles. The number of fused-ring (bicyclic) bond motifs is 1. The standard InChI is InChI=1S/C17H16N2O3S/c1-20-14-2-3-15-12(8-14)7-13(9-21-15)17-18-16(19-22-17)6-11-4-5-23-10-11/h2-5,8,10,13H,6-7,9H2,1H3. The second-order valence-corrected chi connectivity index (χ2v) is 6.32. The van der Waals surface area contributed by atoms with Gasteiger partial charge in [0.15, 0.2) is 5.82 Å². The van der Waals surface area contributed by atoms with Crippen LogP contribution in [-0.2, 0) is 12.8 Å². The summed E-state index contributed by atoms with van der Waals surface area (Å²) in [6.07, 6.45) is 1.51. The number of hydrogen-bond acceptors (Lipinski definition) is 6. The lowest BCUT2D eigenvalue weighted by Gasteiger charge is -2.23. The highest BCUT2D eigenvalue weighted by molar-refractivity contribution is 7.07. The monoisotopic (exact) mass is 328 g/mol. The highest BCUT2D eigenvalue weighted by Gasteiger charge is 2.26. The fraction of sp³-hybridized carbons (Fsp3) is 0.294. The molecule has 0 spiro atoms. The van der Waals surface area contributed by atoms with Gasteiger partial charge in [-0.15, -0.1) is 0 Å². The van der Waals surface area contributed by atoms with Gasteiger partial charge in [-0.2, -0.15) is 16.3 Å². The smallest absolute Gasteiger partial charge is 0.233 e. The molecule has 1 atom stereocenters. The number of hydrogen-bond donors (Lipinski definition) is 0. The molecule has 0 amide bonds. The molecule has 4 rings (SSSR count). The van der Waals surface area contributed by atoms with Crippen LogP contribution in [0.3, 0.4) is 0 Å². The van der Waals surface area contributed by atoms with E-state index in [2.05, 4.69) is 27.0 Å². The van der Waals surface area contributed by atoms with Gasteiger partial charge >= 0.3 is 0 Å². The SMILES string of the molecule is COc1ccc2c(c1)CC(c1nc(Cc3ccsc3)no1)CO2. The van der Waals surface area contributed by atoms with E-state index >= 15 is 0 Å². The van der Waals surface area contributed by atoms with Gasteiger partial charge in [0.2, 0.25) is 5.89 Å². The van der Waals surface area contributed by atoms with Crippen LogP contribution in [0.4, 0.5) is 0 Å². The topological polar surface area (TPSA) is 57.4 Å². The molecule has 0 bridgehead atoms. The first-order valence-corrected chi connectivity index (χ1v) is 8.39. The molecule has 2 aromatic heterocycles. The van der Waals surface area contributed by atoms with Crippen molar-refractivity contribution in [3.8, 4) is 11.5 Å². The van der Waals surface area contributed by atoms with Crippen molar-refractivity contribution in [3.05, 3.63) is 57.9 Å². The average molecular weight is 328 g/mol. The van der Waals surface area contributed by atoms with Gasteiger partial charge in [-0.05, 0) is 52.6 Å². The Labute approximate surface area is 137 Å². The number of ether oxygens (including phenoxy) is 2. The van der Waals surface area contributed by atoms with Gasteiger partial charge in [-0.3, -0.25) is 0 Å². The molecule has 0 N–H and O–H groups in total. The second-order valence-electron chi connectivity index (χ2n) is 5.54. The summed E-state index contributed by atoms with van der Waals surface area (Å²) in [6.45, 7) is 0.555. The molecule has 0 aliphatic carbocycles. The Kier molecular flexibility index (Phi) is 3.75. The summed E-state index contributed by atoms with van der Waals surface area (Å²) >= 11 is 1.67. The maximum atomic E-state index is 5.82. The Bertz CT molecular complexity index is 798. The first-order valence-electron chi connectivity index (χ1n) is 7.45. The molecule has 118 valence electrons. The van der Waals surface area contributed by atoms with Gasteiger partial charge in [-0.1, -0.05) is 5.16 Å². The molecule has 23 heavy (non-hydrogen) atoms. The number of methoxy groups -OCH3 is 1. The van der Waals surface area contributed by atoms with Crippen molar-refractivity contribution in [1.29, 1.82) is 0 Å². The minimum Gasteiger partial charge on any atom is -0.497 e. The average Bonchev–Trinajstić information content (AvgIpc) is 3.26. The van der Waals surface area contributed by atoms with E-state index in [9.17, 15) is 0 Å². The van der Waals surface area contributed by atoms with Crippen LogP contribution in [0.15, 0.2) is 39.5 Å². The highest BCUT2D eigenvalue weighted by Crippen LogP contribution is 2.34. The normalized spacial score (nSPS) is 16.7. The van der Waals surface area contributed by atoms with E-state index in [1.807, 2.05) is 18.2 Å². The number of thiophene rings is 1. The number of rotatable bonds is 4. The summed E-state index contributed by atoms with van der Waals surface area (Å²) in [5.41, 5.74) is 2.32. The van der Waals surface area contributed by atoms with E-state index in [-0.39, 0.29) is 5.92 Å². The minimum atomic E-state index is 0.0818. The fourth-order valence-corrected chi connectivity index (χ4v) is 3.41. The molecule has 0 fully saturated rings. The zero-order chi connectivity index (χ0) is 15.6. The van der Waals surface area contributed by atoms with E-state index < -0.39 is 0 Å². The van der Waals surface area contributed by atoms with Crippen LogP contribution in [0.5, 0.6) is 11.5 Å². The van der Waals surface area contributed by atoms with Crippen LogP contribution in [0.25, 0.3) is 0 Å². The lowest BCUT2D eigenvalue weighted by Crippen LogP contribution is -2.19. The van der Waals surface area contributed by atoms with Gasteiger partial charge in [0.1, 0.15) is 18.1 Å². The maximum Gasteiger partial charge on any atom is 0.233 e. The van der Waals surface area contributed by atoms with Crippen LogP contribution < -0.4 is 9.47 Å².